The first-order valence-corrected chi connectivity index (χ1v) is 11.5. The van der Waals surface area contributed by atoms with Gasteiger partial charge in [0.15, 0.2) is 0 Å². The molecule has 0 aliphatic carbocycles. The summed E-state index contributed by atoms with van der Waals surface area (Å²) in [5, 5.41) is 2.93. The predicted molar refractivity (Wildman–Crippen MR) is 108 cm³/mol. The van der Waals surface area contributed by atoms with Gasteiger partial charge in [-0.05, 0) is 57.0 Å². The van der Waals surface area contributed by atoms with Crippen molar-refractivity contribution < 1.29 is 13.2 Å². The molecular weight excluding hydrogens is 362 g/mol. The number of carbonyl (C=O) groups excluding carboxylic acids is 1. The number of likely N-dealkylation sites (tertiary alicyclic amines) is 1. The van der Waals surface area contributed by atoms with Crippen LogP contribution in [0.2, 0.25) is 0 Å². The number of rotatable bonds is 9. The summed E-state index contributed by atoms with van der Waals surface area (Å²) < 4.78 is 26.4. The van der Waals surface area contributed by atoms with Crippen LogP contribution in [0.1, 0.15) is 56.8 Å². The number of benzene rings is 1. The maximum absolute atomic E-state index is 12.5. The molecule has 7 heteroatoms. The average Bonchev–Trinajstić information content (AvgIpc) is 2.67. The number of sulfonamides is 1. The molecule has 0 aromatic heterocycles. The molecule has 1 aromatic carbocycles. The van der Waals surface area contributed by atoms with Crippen molar-refractivity contribution in [3.05, 3.63) is 29.8 Å². The highest BCUT2D eigenvalue weighted by Gasteiger charge is 2.21. The van der Waals surface area contributed by atoms with E-state index in [4.69, 9.17) is 0 Å². The molecule has 1 heterocycles. The highest BCUT2D eigenvalue weighted by Crippen LogP contribution is 2.17. The van der Waals surface area contributed by atoms with Crippen LogP contribution in [0.4, 0.5) is 0 Å². The van der Waals surface area contributed by atoms with E-state index in [1.54, 1.807) is 12.1 Å². The van der Waals surface area contributed by atoms with Crippen molar-refractivity contribution in [3.63, 3.8) is 0 Å². The van der Waals surface area contributed by atoms with Crippen LogP contribution < -0.4 is 5.32 Å². The third kappa shape index (κ3) is 5.77. The number of amides is 1. The van der Waals surface area contributed by atoms with Crippen molar-refractivity contribution in [2.45, 2.75) is 57.4 Å². The van der Waals surface area contributed by atoms with Gasteiger partial charge < -0.3 is 10.2 Å². The third-order valence-electron chi connectivity index (χ3n) is 5.31. The first-order chi connectivity index (χ1) is 12.9. The molecule has 2 rings (SSSR count). The zero-order chi connectivity index (χ0) is 19.9. The number of hydrogen-bond donors (Lipinski definition) is 1. The molecule has 1 amide bonds. The summed E-state index contributed by atoms with van der Waals surface area (Å²) in [7, 11) is -3.49. The van der Waals surface area contributed by atoms with E-state index in [0.29, 0.717) is 31.2 Å². The van der Waals surface area contributed by atoms with Crippen molar-refractivity contribution in [3.8, 4) is 0 Å². The minimum Gasteiger partial charge on any atom is -0.352 e. The monoisotopic (exact) mass is 395 g/mol. The Balaban J connectivity index is 1.84. The third-order valence-corrected chi connectivity index (χ3v) is 7.37. The molecule has 27 heavy (non-hydrogen) atoms. The fraction of sp³-hybridized carbons (Fsp3) is 0.650. The van der Waals surface area contributed by atoms with E-state index < -0.39 is 10.0 Å². The standard InChI is InChI=1S/C20H33N3O3S/c1-4-23(5-2)27(25,26)19-12-10-18(11-13-19)20(24)21-14-8-16-22-15-7-6-9-17(22)3/h10-13,17H,4-9,14-16H2,1-3H3,(H,21,24)/t17-/m0/s1. The van der Waals surface area contributed by atoms with Gasteiger partial charge in [-0.15, -0.1) is 0 Å². The lowest BCUT2D eigenvalue weighted by Crippen LogP contribution is -2.39. The fourth-order valence-corrected chi connectivity index (χ4v) is 5.02. The first-order valence-electron chi connectivity index (χ1n) is 10.0. The van der Waals surface area contributed by atoms with Crippen molar-refractivity contribution in [1.29, 1.82) is 0 Å². The smallest absolute Gasteiger partial charge is 0.251 e. The lowest BCUT2D eigenvalue weighted by Gasteiger charge is -2.33. The summed E-state index contributed by atoms with van der Waals surface area (Å²) in [6.07, 6.45) is 4.76. The molecule has 0 spiro atoms. The van der Waals surface area contributed by atoms with E-state index in [0.717, 1.165) is 19.5 Å². The molecule has 0 radical (unpaired) electrons. The van der Waals surface area contributed by atoms with E-state index in [1.807, 2.05) is 13.8 Å². The predicted octanol–water partition coefficient (Wildman–Crippen LogP) is 2.71. The Morgan fingerprint density at radius 2 is 1.85 bits per heavy atom. The average molecular weight is 396 g/mol. The lowest BCUT2D eigenvalue weighted by molar-refractivity contribution is 0.0948. The van der Waals surface area contributed by atoms with Gasteiger partial charge >= 0.3 is 0 Å². The topological polar surface area (TPSA) is 69.7 Å². The van der Waals surface area contributed by atoms with Crippen LogP contribution in [-0.2, 0) is 10.0 Å². The summed E-state index contributed by atoms with van der Waals surface area (Å²) in [5.41, 5.74) is 0.486. The van der Waals surface area contributed by atoms with Crippen molar-refractivity contribution >= 4 is 15.9 Å². The molecule has 0 bridgehead atoms. The highest BCUT2D eigenvalue weighted by molar-refractivity contribution is 7.89. The number of nitrogens with one attached hydrogen (secondary N) is 1. The first kappa shape index (κ1) is 21.9. The highest BCUT2D eigenvalue weighted by atomic mass is 32.2. The molecule has 1 aromatic rings. The van der Waals surface area contributed by atoms with Gasteiger partial charge in [0.1, 0.15) is 0 Å². The van der Waals surface area contributed by atoms with Gasteiger partial charge in [-0.1, -0.05) is 20.3 Å². The number of carbonyl (C=O) groups is 1. The van der Waals surface area contributed by atoms with Crippen LogP contribution in [-0.4, -0.2) is 62.3 Å². The van der Waals surface area contributed by atoms with Gasteiger partial charge in [-0.25, -0.2) is 8.42 Å². The summed E-state index contributed by atoms with van der Waals surface area (Å²) >= 11 is 0. The molecule has 1 aliphatic heterocycles. The van der Waals surface area contributed by atoms with E-state index in [1.165, 1.54) is 35.7 Å². The summed E-state index contributed by atoms with van der Waals surface area (Å²) in [6.45, 7) is 9.53. The van der Waals surface area contributed by atoms with Crippen LogP contribution in [0.25, 0.3) is 0 Å². The molecule has 0 unspecified atom stereocenters. The SMILES string of the molecule is CCN(CC)S(=O)(=O)c1ccc(C(=O)NCCCN2CCCC[C@@H]2C)cc1. The normalized spacial score (nSPS) is 18.6. The number of nitrogens with zero attached hydrogens (tertiary/aromatic N) is 2. The Labute approximate surface area is 164 Å². The van der Waals surface area contributed by atoms with E-state index in [-0.39, 0.29) is 10.8 Å². The van der Waals surface area contributed by atoms with Crippen LogP contribution in [0, 0.1) is 0 Å². The molecular formula is C20H33N3O3S. The van der Waals surface area contributed by atoms with E-state index in [9.17, 15) is 13.2 Å². The molecule has 152 valence electrons. The van der Waals surface area contributed by atoms with Crippen molar-refractivity contribution in [2.24, 2.45) is 0 Å². The zero-order valence-corrected chi connectivity index (χ0v) is 17.6. The van der Waals surface area contributed by atoms with E-state index >= 15 is 0 Å². The minimum atomic E-state index is -3.49. The van der Waals surface area contributed by atoms with Crippen LogP contribution >= 0.6 is 0 Å². The second kappa shape index (κ2) is 10.2. The van der Waals surface area contributed by atoms with Gasteiger partial charge in [0.2, 0.25) is 10.0 Å². The van der Waals surface area contributed by atoms with Gasteiger partial charge in [0.05, 0.1) is 4.90 Å². The molecule has 1 aliphatic rings. The summed E-state index contributed by atoms with van der Waals surface area (Å²) in [6, 6.07) is 6.82. The van der Waals surface area contributed by atoms with Gasteiger partial charge in [0.25, 0.3) is 5.91 Å². The zero-order valence-electron chi connectivity index (χ0n) is 16.8. The maximum atomic E-state index is 12.5. The fourth-order valence-electron chi connectivity index (χ4n) is 3.57. The summed E-state index contributed by atoms with van der Waals surface area (Å²) in [4.78, 5) is 15.0. The largest absolute Gasteiger partial charge is 0.352 e. The Kier molecular flexibility index (Phi) is 8.26. The Bertz CT molecular complexity index is 700. The quantitative estimate of drug-likeness (QED) is 0.653. The van der Waals surface area contributed by atoms with Crippen molar-refractivity contribution in [1.82, 2.24) is 14.5 Å². The van der Waals surface area contributed by atoms with Gasteiger partial charge in [-0.2, -0.15) is 4.31 Å². The second-order valence-electron chi connectivity index (χ2n) is 7.10. The maximum Gasteiger partial charge on any atom is 0.251 e. The van der Waals surface area contributed by atoms with Gasteiger partial charge in [0, 0.05) is 37.8 Å². The number of hydrogen-bond acceptors (Lipinski definition) is 4. The second-order valence-corrected chi connectivity index (χ2v) is 9.04. The van der Waals surface area contributed by atoms with Crippen LogP contribution in [0.5, 0.6) is 0 Å². The van der Waals surface area contributed by atoms with Crippen LogP contribution in [0.3, 0.4) is 0 Å². The van der Waals surface area contributed by atoms with Crippen molar-refractivity contribution in [2.75, 3.05) is 32.7 Å². The van der Waals surface area contributed by atoms with E-state index in [2.05, 4.69) is 17.1 Å². The summed E-state index contributed by atoms with van der Waals surface area (Å²) in [5.74, 6) is -0.159. The molecule has 1 atom stereocenters. The molecule has 6 nitrogen and oxygen atoms in total. The minimum absolute atomic E-state index is 0.159. The Morgan fingerprint density at radius 1 is 1.19 bits per heavy atom. The number of piperidine rings is 1. The Hall–Kier alpha value is -1.44. The molecule has 1 N–H and O–H groups in total. The van der Waals surface area contributed by atoms with Crippen LogP contribution in [0.15, 0.2) is 29.2 Å². The molecule has 1 fully saturated rings. The molecule has 0 saturated carbocycles. The molecule has 1 saturated heterocycles. The lowest BCUT2D eigenvalue weighted by atomic mass is 10.0. The Morgan fingerprint density at radius 3 is 2.44 bits per heavy atom. The van der Waals surface area contributed by atoms with Gasteiger partial charge in [-0.3, -0.25) is 4.79 Å².